The van der Waals surface area contributed by atoms with Crippen LogP contribution in [0.5, 0.6) is 0 Å². The second-order valence-electron chi connectivity index (χ2n) is 2.81. The van der Waals surface area contributed by atoms with Crippen molar-refractivity contribution in [2.75, 3.05) is 5.73 Å². The molecule has 0 aromatic carbocycles. The van der Waals surface area contributed by atoms with Gasteiger partial charge in [0.15, 0.2) is 0 Å². The Kier molecular flexibility index (Phi) is 2.77. The summed E-state index contributed by atoms with van der Waals surface area (Å²) in [5, 5.41) is 11.8. The Morgan fingerprint density at radius 1 is 1.40 bits per heavy atom. The van der Waals surface area contributed by atoms with E-state index in [1.165, 1.54) is 18.0 Å². The zero-order valence-corrected chi connectivity index (χ0v) is 8.85. The topological polar surface area (TPSA) is 95.4 Å². The zero-order chi connectivity index (χ0) is 10.7. The first-order valence-electron chi connectivity index (χ1n) is 4.17. The molecule has 0 aliphatic rings. The van der Waals surface area contributed by atoms with E-state index in [0.717, 1.165) is 10.9 Å². The van der Waals surface area contributed by atoms with Crippen molar-refractivity contribution in [2.45, 2.75) is 10.9 Å². The highest BCUT2D eigenvalue weighted by molar-refractivity contribution is 7.98. The van der Waals surface area contributed by atoms with E-state index < -0.39 is 0 Å². The van der Waals surface area contributed by atoms with E-state index in [1.807, 2.05) is 0 Å². The molecule has 0 fully saturated rings. The van der Waals surface area contributed by atoms with Gasteiger partial charge >= 0.3 is 0 Å². The molecule has 78 valence electrons. The summed E-state index contributed by atoms with van der Waals surface area (Å²) in [6.07, 6.45) is 3.18. The number of thioether (sulfide) groups is 1. The number of hydrogen-bond donors (Lipinski definition) is 1. The Bertz CT molecular complexity index is 437. The summed E-state index contributed by atoms with van der Waals surface area (Å²) >= 11 is 1.50. The summed E-state index contributed by atoms with van der Waals surface area (Å²) in [4.78, 5) is 8.07. The first kappa shape index (κ1) is 9.84. The van der Waals surface area contributed by atoms with Crippen molar-refractivity contribution in [3.63, 3.8) is 0 Å². The van der Waals surface area contributed by atoms with Gasteiger partial charge in [0.25, 0.3) is 0 Å². The lowest BCUT2D eigenvalue weighted by molar-refractivity contribution is 0.664. The number of tetrazole rings is 1. The lowest BCUT2D eigenvalue weighted by atomic mass is 10.5. The Morgan fingerprint density at radius 2 is 2.27 bits per heavy atom. The van der Waals surface area contributed by atoms with Crippen LogP contribution in [-0.2, 0) is 12.8 Å². The van der Waals surface area contributed by atoms with Crippen molar-refractivity contribution < 1.29 is 0 Å². The molecule has 2 aromatic heterocycles. The number of rotatable bonds is 3. The van der Waals surface area contributed by atoms with E-state index in [0.29, 0.717) is 11.6 Å². The molecular formula is C7H9N7S. The van der Waals surface area contributed by atoms with E-state index in [9.17, 15) is 0 Å². The molecule has 2 rings (SSSR count). The molecule has 2 aromatic rings. The van der Waals surface area contributed by atoms with Gasteiger partial charge in [0.1, 0.15) is 5.82 Å². The zero-order valence-electron chi connectivity index (χ0n) is 8.03. The Labute approximate surface area is 90.1 Å². The number of aromatic nitrogens is 6. The minimum atomic E-state index is 0.420. The molecule has 0 spiro atoms. The number of nitrogens with two attached hydrogens (primary N) is 1. The first-order chi connectivity index (χ1) is 7.25. The monoisotopic (exact) mass is 223 g/mol. The minimum Gasteiger partial charge on any atom is -0.382 e. The van der Waals surface area contributed by atoms with Crippen molar-refractivity contribution >= 4 is 17.6 Å². The molecule has 0 bridgehead atoms. The average molecular weight is 223 g/mol. The van der Waals surface area contributed by atoms with Crippen LogP contribution in [0.25, 0.3) is 0 Å². The summed E-state index contributed by atoms with van der Waals surface area (Å²) in [5.74, 6) is 1.09. The third-order valence-corrected chi connectivity index (χ3v) is 2.70. The van der Waals surface area contributed by atoms with Crippen molar-refractivity contribution in [1.82, 2.24) is 30.2 Å². The third kappa shape index (κ3) is 2.40. The SMILES string of the molecule is Cn1nnnc1SCc1cnc(N)cn1. The largest absolute Gasteiger partial charge is 0.382 e. The molecule has 0 amide bonds. The minimum absolute atomic E-state index is 0.420. The van der Waals surface area contributed by atoms with Gasteiger partial charge in [-0.3, -0.25) is 4.98 Å². The van der Waals surface area contributed by atoms with Crippen LogP contribution < -0.4 is 5.73 Å². The van der Waals surface area contributed by atoms with E-state index in [2.05, 4.69) is 25.5 Å². The molecule has 8 heteroatoms. The van der Waals surface area contributed by atoms with Gasteiger partial charge in [0.2, 0.25) is 5.16 Å². The highest BCUT2D eigenvalue weighted by Gasteiger charge is 2.04. The Morgan fingerprint density at radius 3 is 2.87 bits per heavy atom. The molecule has 0 aliphatic heterocycles. The molecule has 0 radical (unpaired) electrons. The van der Waals surface area contributed by atoms with Crippen molar-refractivity contribution in [2.24, 2.45) is 7.05 Å². The van der Waals surface area contributed by atoms with Crippen LogP contribution in [0.15, 0.2) is 17.6 Å². The summed E-state index contributed by atoms with van der Waals surface area (Å²) in [5.41, 5.74) is 6.27. The molecule has 0 aliphatic carbocycles. The second kappa shape index (κ2) is 4.22. The van der Waals surface area contributed by atoms with Gasteiger partial charge < -0.3 is 5.73 Å². The van der Waals surface area contributed by atoms with Crippen LogP contribution >= 0.6 is 11.8 Å². The molecule has 0 saturated heterocycles. The highest BCUT2D eigenvalue weighted by Crippen LogP contribution is 2.17. The molecule has 15 heavy (non-hydrogen) atoms. The molecule has 7 nitrogen and oxygen atoms in total. The van der Waals surface area contributed by atoms with Crippen molar-refractivity contribution in [1.29, 1.82) is 0 Å². The summed E-state index contributed by atoms with van der Waals surface area (Å²) in [6, 6.07) is 0. The van der Waals surface area contributed by atoms with Gasteiger partial charge in [-0.15, -0.1) is 5.10 Å². The van der Waals surface area contributed by atoms with Gasteiger partial charge in [0.05, 0.1) is 18.1 Å². The van der Waals surface area contributed by atoms with E-state index in [1.54, 1.807) is 17.9 Å². The molecule has 0 atom stereocenters. The van der Waals surface area contributed by atoms with E-state index >= 15 is 0 Å². The fraction of sp³-hybridized carbons (Fsp3) is 0.286. The van der Waals surface area contributed by atoms with E-state index in [4.69, 9.17) is 5.73 Å². The van der Waals surface area contributed by atoms with Crippen LogP contribution in [0.1, 0.15) is 5.69 Å². The van der Waals surface area contributed by atoms with Crippen molar-refractivity contribution in [3.8, 4) is 0 Å². The molecule has 2 heterocycles. The smallest absolute Gasteiger partial charge is 0.209 e. The predicted molar refractivity (Wildman–Crippen MR) is 54.8 cm³/mol. The maximum atomic E-state index is 5.42. The highest BCUT2D eigenvalue weighted by atomic mass is 32.2. The quantitative estimate of drug-likeness (QED) is 0.724. The van der Waals surface area contributed by atoms with Gasteiger partial charge in [-0.25, -0.2) is 9.67 Å². The molecule has 2 N–H and O–H groups in total. The van der Waals surface area contributed by atoms with Crippen LogP contribution in [0.2, 0.25) is 0 Å². The summed E-state index contributed by atoms with van der Waals surface area (Å²) in [6.45, 7) is 0. The summed E-state index contributed by atoms with van der Waals surface area (Å²) < 4.78 is 1.61. The summed E-state index contributed by atoms with van der Waals surface area (Å²) in [7, 11) is 1.79. The molecule has 0 unspecified atom stereocenters. The number of hydrogen-bond acceptors (Lipinski definition) is 7. The van der Waals surface area contributed by atoms with Crippen LogP contribution in [-0.4, -0.2) is 30.2 Å². The van der Waals surface area contributed by atoms with Crippen LogP contribution in [0, 0.1) is 0 Å². The molecular weight excluding hydrogens is 214 g/mol. The van der Waals surface area contributed by atoms with Gasteiger partial charge in [-0.2, -0.15) is 0 Å². The Hall–Kier alpha value is -1.70. The first-order valence-corrected chi connectivity index (χ1v) is 5.16. The van der Waals surface area contributed by atoms with Gasteiger partial charge in [-0.1, -0.05) is 11.8 Å². The molecule has 0 saturated carbocycles. The standard InChI is InChI=1S/C7H9N7S/c1-14-7(11-12-13-14)15-4-5-2-10-6(8)3-9-5/h2-3H,4H2,1H3,(H2,8,10). The third-order valence-electron chi connectivity index (χ3n) is 1.66. The fourth-order valence-corrected chi connectivity index (χ4v) is 1.66. The van der Waals surface area contributed by atoms with Gasteiger partial charge in [0, 0.05) is 12.8 Å². The average Bonchev–Trinajstić information content (AvgIpc) is 2.63. The number of nitrogens with zero attached hydrogens (tertiary/aromatic N) is 6. The number of nitrogen functional groups attached to an aromatic ring is 1. The normalized spacial score (nSPS) is 10.5. The fourth-order valence-electron chi connectivity index (χ4n) is 0.921. The lowest BCUT2D eigenvalue weighted by Crippen LogP contribution is -1.96. The van der Waals surface area contributed by atoms with Crippen LogP contribution in [0.3, 0.4) is 0 Å². The maximum Gasteiger partial charge on any atom is 0.209 e. The number of aryl methyl sites for hydroxylation is 1. The maximum absolute atomic E-state index is 5.42. The second-order valence-corrected chi connectivity index (χ2v) is 3.75. The lowest BCUT2D eigenvalue weighted by Gasteiger charge is -1.99. The van der Waals surface area contributed by atoms with Crippen molar-refractivity contribution in [3.05, 3.63) is 18.1 Å². The predicted octanol–water partition coefficient (Wildman–Crippen LogP) is -0.125. The van der Waals surface area contributed by atoms with E-state index in [-0.39, 0.29) is 0 Å². The number of anilines is 1. The Balaban J connectivity index is 1.99. The van der Waals surface area contributed by atoms with Crippen LogP contribution in [0.4, 0.5) is 5.82 Å². The van der Waals surface area contributed by atoms with Gasteiger partial charge in [-0.05, 0) is 10.4 Å².